The van der Waals surface area contributed by atoms with E-state index < -0.39 is 0 Å². The Balaban J connectivity index is 4.14. The van der Waals surface area contributed by atoms with Gasteiger partial charge in [-0.15, -0.1) is 0 Å². The molecule has 0 aromatic rings. The lowest BCUT2D eigenvalue weighted by molar-refractivity contribution is -1.45. The summed E-state index contributed by atoms with van der Waals surface area (Å²) in [7, 11) is 12.6. The minimum atomic E-state index is 0.778. The highest BCUT2D eigenvalue weighted by Gasteiger charge is 2.28. The van der Waals surface area contributed by atoms with Crippen LogP contribution < -0.4 is 0 Å². The van der Waals surface area contributed by atoms with Crippen LogP contribution in [0.4, 0.5) is 0 Å². The SMILES string of the molecule is [CH2][N+](C)(CC)[N+](C)(C)C. The molecule has 0 aromatic heterocycles. The summed E-state index contributed by atoms with van der Waals surface area (Å²) in [6, 6.07) is 0. The molecule has 0 aliphatic carbocycles. The van der Waals surface area contributed by atoms with Crippen molar-refractivity contribution in [3.63, 3.8) is 0 Å². The van der Waals surface area contributed by atoms with Gasteiger partial charge in [-0.05, 0) is 6.92 Å². The van der Waals surface area contributed by atoms with Crippen molar-refractivity contribution >= 4 is 0 Å². The first-order chi connectivity index (χ1) is 3.81. The molecule has 2 nitrogen and oxygen atoms in total. The van der Waals surface area contributed by atoms with Crippen LogP contribution in [0, 0.1) is 7.05 Å². The highest BCUT2D eigenvalue weighted by Crippen LogP contribution is 2.08. The Bertz CT molecular complexity index is 89.6. The van der Waals surface area contributed by atoms with Gasteiger partial charge in [0.15, 0.2) is 7.05 Å². The molecule has 55 valence electrons. The minimum absolute atomic E-state index is 0.778. The van der Waals surface area contributed by atoms with Crippen molar-refractivity contribution in [3.05, 3.63) is 7.05 Å². The number of nitrogens with zero attached hydrogens (tertiary/aromatic N) is 2. The standard InChI is InChI=1S/C7H19N2/c1-7-9(5,6)8(2,3)4/h5,7H2,1-4,6H3/q+2. The van der Waals surface area contributed by atoms with Crippen LogP contribution in [0.2, 0.25) is 0 Å². The van der Waals surface area contributed by atoms with Crippen molar-refractivity contribution in [2.24, 2.45) is 0 Å². The van der Waals surface area contributed by atoms with Crippen LogP contribution in [0.3, 0.4) is 0 Å². The maximum Gasteiger partial charge on any atom is 0.176 e. The van der Waals surface area contributed by atoms with Gasteiger partial charge >= 0.3 is 0 Å². The average Bonchev–Trinajstić information content (AvgIpc) is 1.64. The van der Waals surface area contributed by atoms with E-state index in [1.165, 1.54) is 0 Å². The smallest absolute Gasteiger partial charge is 0.176 e. The maximum absolute atomic E-state index is 4.07. The molecule has 1 radical (unpaired) electrons. The number of quaternary nitrogens is 2. The lowest BCUT2D eigenvalue weighted by Gasteiger charge is -2.40. The van der Waals surface area contributed by atoms with E-state index in [2.05, 4.69) is 42.2 Å². The van der Waals surface area contributed by atoms with Crippen LogP contribution >= 0.6 is 0 Å². The summed E-state index contributed by atoms with van der Waals surface area (Å²) < 4.78 is 1.65. The van der Waals surface area contributed by atoms with E-state index in [4.69, 9.17) is 0 Å². The van der Waals surface area contributed by atoms with Gasteiger partial charge in [-0.25, -0.2) is 0 Å². The normalized spacial score (nSPS) is 14.0. The van der Waals surface area contributed by atoms with Crippen molar-refractivity contribution in [2.45, 2.75) is 6.92 Å². The summed E-state index contributed by atoms with van der Waals surface area (Å²) in [5, 5.41) is 0. The van der Waals surface area contributed by atoms with Gasteiger partial charge in [-0.2, -0.15) is 9.18 Å². The first kappa shape index (κ1) is 8.92. The molecule has 0 fully saturated rings. The van der Waals surface area contributed by atoms with E-state index in [0.29, 0.717) is 0 Å². The second-order valence-electron chi connectivity index (χ2n) is 3.60. The summed E-state index contributed by atoms with van der Waals surface area (Å²) in [6.45, 7) is 3.21. The average molecular weight is 131 g/mol. The highest BCUT2D eigenvalue weighted by molar-refractivity contribution is 4.12. The monoisotopic (exact) mass is 131 g/mol. The van der Waals surface area contributed by atoms with Crippen LogP contribution in [0.25, 0.3) is 0 Å². The third-order valence-electron chi connectivity index (χ3n) is 2.13. The molecule has 2 heteroatoms. The molecule has 0 aliphatic heterocycles. The van der Waals surface area contributed by atoms with Crippen molar-refractivity contribution in [3.8, 4) is 0 Å². The zero-order chi connectivity index (χ0) is 7.71. The highest BCUT2D eigenvalue weighted by atomic mass is 15.8. The van der Waals surface area contributed by atoms with Gasteiger partial charge in [0.25, 0.3) is 0 Å². The maximum atomic E-state index is 4.07. The summed E-state index contributed by atoms with van der Waals surface area (Å²) in [4.78, 5) is 0. The van der Waals surface area contributed by atoms with Crippen molar-refractivity contribution < 1.29 is 9.18 Å². The predicted octanol–water partition coefficient (Wildman–Crippen LogP) is 0.866. The van der Waals surface area contributed by atoms with E-state index in [0.717, 1.165) is 15.7 Å². The van der Waals surface area contributed by atoms with Crippen LogP contribution in [0.15, 0.2) is 0 Å². The van der Waals surface area contributed by atoms with E-state index in [-0.39, 0.29) is 0 Å². The summed E-state index contributed by atoms with van der Waals surface area (Å²) in [5.41, 5.74) is 0. The molecule has 1 unspecified atom stereocenters. The molecule has 0 spiro atoms. The zero-order valence-electron chi connectivity index (χ0n) is 7.31. The molecule has 9 heavy (non-hydrogen) atoms. The zero-order valence-corrected chi connectivity index (χ0v) is 7.31. The van der Waals surface area contributed by atoms with Gasteiger partial charge in [-0.1, -0.05) is 0 Å². The Morgan fingerprint density at radius 2 is 1.44 bits per heavy atom. The second-order valence-corrected chi connectivity index (χ2v) is 3.60. The van der Waals surface area contributed by atoms with Crippen LogP contribution in [0.5, 0.6) is 0 Å². The van der Waals surface area contributed by atoms with Gasteiger partial charge in [-0.3, -0.25) is 0 Å². The minimum Gasteiger partial charge on any atom is -0.177 e. The largest absolute Gasteiger partial charge is 0.177 e. The summed E-state index contributed by atoms with van der Waals surface area (Å²) >= 11 is 0. The molecule has 1 atom stereocenters. The van der Waals surface area contributed by atoms with Gasteiger partial charge in [0.1, 0.15) is 34.7 Å². The fourth-order valence-corrected chi connectivity index (χ4v) is 0.424. The molecule has 0 bridgehead atoms. The number of hydrogen-bond acceptors (Lipinski definition) is 0. The number of rotatable bonds is 2. The van der Waals surface area contributed by atoms with Gasteiger partial charge in [0.05, 0.1) is 0 Å². The topological polar surface area (TPSA) is 0 Å². The molecule has 0 rings (SSSR count). The van der Waals surface area contributed by atoms with E-state index in [1.807, 2.05) is 0 Å². The van der Waals surface area contributed by atoms with Crippen molar-refractivity contribution in [2.75, 3.05) is 34.7 Å². The van der Waals surface area contributed by atoms with Crippen LogP contribution in [-0.4, -0.2) is 43.9 Å². The first-order valence-corrected chi connectivity index (χ1v) is 3.33. The van der Waals surface area contributed by atoms with Crippen LogP contribution in [-0.2, 0) is 0 Å². The second kappa shape index (κ2) is 2.27. The molecule has 0 N–H and O–H groups in total. The molecule has 0 saturated carbocycles. The molecule has 0 aliphatic rings. The molecule has 0 amide bonds. The van der Waals surface area contributed by atoms with Crippen molar-refractivity contribution in [1.82, 2.24) is 0 Å². The Hall–Kier alpha value is -0.0800. The van der Waals surface area contributed by atoms with E-state index in [9.17, 15) is 0 Å². The predicted molar refractivity (Wildman–Crippen MR) is 40.1 cm³/mol. The lowest BCUT2D eigenvalue weighted by atomic mass is 10.6. The molecule has 0 aromatic carbocycles. The third kappa shape index (κ3) is 1.95. The molecular formula is C7H19N2+2. The summed E-state index contributed by atoms with van der Waals surface area (Å²) in [6.07, 6.45) is 0. The quantitative estimate of drug-likeness (QED) is 0.385. The lowest BCUT2D eigenvalue weighted by Crippen LogP contribution is -2.60. The van der Waals surface area contributed by atoms with Gasteiger partial charge in [0.2, 0.25) is 0 Å². The van der Waals surface area contributed by atoms with Gasteiger partial charge in [0, 0.05) is 0 Å². The fraction of sp³-hybridized carbons (Fsp3) is 0.857. The van der Waals surface area contributed by atoms with Crippen LogP contribution in [0.1, 0.15) is 6.92 Å². The summed E-state index contributed by atoms with van der Waals surface area (Å²) in [5.74, 6) is 0. The molecule has 0 heterocycles. The Kier molecular flexibility index (Phi) is 2.25. The number of hydrogen-bond donors (Lipinski definition) is 0. The Morgan fingerprint density at radius 3 is 1.44 bits per heavy atom. The van der Waals surface area contributed by atoms with Crippen molar-refractivity contribution in [1.29, 1.82) is 0 Å². The van der Waals surface area contributed by atoms with Gasteiger partial charge < -0.3 is 0 Å². The Morgan fingerprint density at radius 1 is 1.11 bits per heavy atom. The first-order valence-electron chi connectivity index (χ1n) is 3.33. The fourth-order valence-electron chi connectivity index (χ4n) is 0.424. The Labute approximate surface area is 58.8 Å². The molecular weight excluding hydrogens is 112 g/mol. The van der Waals surface area contributed by atoms with E-state index >= 15 is 0 Å². The molecule has 0 saturated heterocycles. The van der Waals surface area contributed by atoms with E-state index in [1.54, 1.807) is 0 Å². The third-order valence-corrected chi connectivity index (χ3v) is 2.13.